The van der Waals surface area contributed by atoms with Gasteiger partial charge in [0.25, 0.3) is 0 Å². The van der Waals surface area contributed by atoms with Gasteiger partial charge in [0.05, 0.1) is 11.0 Å². The maximum absolute atomic E-state index is 3.69. The fraction of sp³-hybridized carbons (Fsp3) is 0.106. The van der Waals surface area contributed by atoms with Crippen molar-refractivity contribution in [2.24, 2.45) is 0 Å². The molecular weight excluding hydrogens is 657 g/mol. The fourth-order valence-electron chi connectivity index (χ4n) is 8.20. The van der Waals surface area contributed by atoms with Gasteiger partial charge < -0.3 is 9.88 Å². The average Bonchev–Trinajstić information content (AvgIpc) is 3.84. The first kappa shape index (κ1) is 31.8. The van der Waals surface area contributed by atoms with Gasteiger partial charge in [0.15, 0.2) is 0 Å². The van der Waals surface area contributed by atoms with Crippen molar-refractivity contribution in [3.63, 3.8) is 0 Å². The van der Waals surface area contributed by atoms with Crippen molar-refractivity contribution in [1.29, 1.82) is 0 Å². The van der Waals surface area contributed by atoms with Gasteiger partial charge >= 0.3 is 0 Å². The molecule has 8 aromatic rings. The smallest absolute Gasteiger partial charge is 0.103 e. The van der Waals surface area contributed by atoms with Crippen LogP contribution in [-0.2, 0) is 5.41 Å². The third kappa shape index (κ3) is 5.12. The molecule has 51 heavy (non-hydrogen) atoms. The quantitative estimate of drug-likeness (QED) is 0.179. The number of anilines is 1. The Balaban J connectivity index is 0.00000171. The van der Waals surface area contributed by atoms with E-state index in [0.717, 1.165) is 0 Å². The second kappa shape index (κ2) is 12.6. The molecule has 0 spiro atoms. The first-order valence-electron chi connectivity index (χ1n) is 17.5. The van der Waals surface area contributed by atoms with E-state index in [1.54, 1.807) is 6.26 Å². The lowest BCUT2D eigenvalue weighted by molar-refractivity contribution is 0.660. The number of benzene rings is 7. The van der Waals surface area contributed by atoms with Crippen LogP contribution in [0.1, 0.15) is 35.9 Å². The van der Waals surface area contributed by atoms with Gasteiger partial charge in [-0.2, -0.15) is 12.6 Å². The molecule has 2 nitrogen and oxygen atoms in total. The second-order valence-electron chi connectivity index (χ2n) is 13.8. The third-order valence-corrected chi connectivity index (χ3v) is 11.9. The Kier molecular flexibility index (Phi) is 7.83. The predicted molar refractivity (Wildman–Crippen MR) is 223 cm³/mol. The summed E-state index contributed by atoms with van der Waals surface area (Å²) in [6.07, 6.45) is 1.69. The van der Waals surface area contributed by atoms with E-state index in [2.05, 4.69) is 194 Å². The second-order valence-corrected chi connectivity index (χ2v) is 14.9. The number of fused-ring (bicyclic) bond motifs is 7. The van der Waals surface area contributed by atoms with Crippen molar-refractivity contribution in [2.75, 3.05) is 11.6 Å². The number of para-hydroxylation sites is 3. The summed E-state index contributed by atoms with van der Waals surface area (Å²) in [4.78, 5) is 1.31. The summed E-state index contributed by atoms with van der Waals surface area (Å²) in [7, 11) is 0. The van der Waals surface area contributed by atoms with Gasteiger partial charge in [0.2, 0.25) is 0 Å². The molecule has 1 N–H and O–H groups in total. The van der Waals surface area contributed by atoms with E-state index in [0.29, 0.717) is 0 Å². The van der Waals surface area contributed by atoms with Crippen LogP contribution in [0.3, 0.4) is 0 Å². The van der Waals surface area contributed by atoms with Crippen LogP contribution < -0.4 is 5.32 Å². The lowest BCUT2D eigenvalue weighted by Gasteiger charge is -2.21. The minimum atomic E-state index is 0.00354. The molecule has 2 aliphatic rings. The maximum Gasteiger partial charge on any atom is 0.103 e. The van der Waals surface area contributed by atoms with Crippen LogP contribution in [0, 0.1) is 0 Å². The highest BCUT2D eigenvalue weighted by atomic mass is 32.2. The van der Waals surface area contributed by atoms with Crippen molar-refractivity contribution >= 4 is 51.9 Å². The zero-order valence-corrected chi connectivity index (χ0v) is 30.6. The Morgan fingerprint density at radius 1 is 0.569 bits per heavy atom. The summed E-state index contributed by atoms with van der Waals surface area (Å²) in [6.45, 7) is 4.69. The van der Waals surface area contributed by atoms with Gasteiger partial charge in [0, 0.05) is 38.0 Å². The lowest BCUT2D eigenvalue weighted by Crippen LogP contribution is -2.14. The van der Waals surface area contributed by atoms with Gasteiger partial charge in [-0.3, -0.25) is 0 Å². The largest absolute Gasteiger partial charge is 0.368 e. The summed E-state index contributed by atoms with van der Waals surface area (Å²) in [5.74, 6) is 0. The van der Waals surface area contributed by atoms with Crippen LogP contribution in [0.4, 0.5) is 5.69 Å². The molecule has 1 aliphatic carbocycles. The lowest BCUT2D eigenvalue weighted by atomic mass is 9.82. The molecule has 1 atom stereocenters. The van der Waals surface area contributed by atoms with Crippen LogP contribution in [0.5, 0.6) is 0 Å². The molecular formula is C47H38N2S2. The molecule has 4 heteroatoms. The maximum atomic E-state index is 3.69. The Hall–Kier alpha value is -5.16. The molecule has 0 bridgehead atoms. The molecule has 0 fully saturated rings. The van der Waals surface area contributed by atoms with Crippen LogP contribution in [-0.4, -0.2) is 10.8 Å². The SMILES string of the molecule is CC1(C)c2ccccc2-c2cc(-c3ccc4c(c3)c3cccc(-c5ccc(C6Nc7ccccc7S6)cc5)c3n4-c3ccccc3)ccc21.CS. The minimum Gasteiger partial charge on any atom is -0.368 e. The summed E-state index contributed by atoms with van der Waals surface area (Å²) in [5, 5.41) is 6.43. The highest BCUT2D eigenvalue weighted by Gasteiger charge is 2.35. The van der Waals surface area contributed by atoms with E-state index >= 15 is 0 Å². The molecule has 1 aliphatic heterocycles. The number of thiol groups is 1. The molecule has 0 saturated carbocycles. The molecule has 1 aromatic heterocycles. The Morgan fingerprint density at radius 3 is 2.06 bits per heavy atom. The summed E-state index contributed by atoms with van der Waals surface area (Å²) in [6, 6.07) is 58.2. The predicted octanol–water partition coefficient (Wildman–Crippen LogP) is 13.2. The monoisotopic (exact) mass is 694 g/mol. The molecule has 0 amide bonds. The number of rotatable bonds is 4. The van der Waals surface area contributed by atoms with E-state index in [9.17, 15) is 0 Å². The number of hydrogen-bond acceptors (Lipinski definition) is 3. The average molecular weight is 695 g/mol. The Bertz CT molecular complexity index is 2560. The molecule has 248 valence electrons. The van der Waals surface area contributed by atoms with Crippen LogP contribution in [0.15, 0.2) is 163 Å². The van der Waals surface area contributed by atoms with Crippen molar-refractivity contribution in [1.82, 2.24) is 4.57 Å². The topological polar surface area (TPSA) is 17.0 Å². The van der Waals surface area contributed by atoms with Crippen molar-refractivity contribution in [3.8, 4) is 39.1 Å². The van der Waals surface area contributed by atoms with E-state index < -0.39 is 0 Å². The fourth-order valence-corrected chi connectivity index (χ4v) is 9.35. The van der Waals surface area contributed by atoms with Crippen LogP contribution >= 0.6 is 24.4 Å². The van der Waals surface area contributed by atoms with Crippen LogP contribution in [0.25, 0.3) is 60.9 Å². The normalized spacial score (nSPS) is 15.1. The van der Waals surface area contributed by atoms with E-state index in [-0.39, 0.29) is 10.8 Å². The Morgan fingerprint density at radius 2 is 1.24 bits per heavy atom. The first-order chi connectivity index (χ1) is 25.0. The molecule has 1 unspecified atom stereocenters. The number of nitrogens with one attached hydrogen (secondary N) is 1. The molecule has 0 saturated heterocycles. The molecule has 10 rings (SSSR count). The number of hydrogen-bond donors (Lipinski definition) is 2. The highest BCUT2D eigenvalue weighted by molar-refractivity contribution is 8.00. The molecule has 7 aromatic carbocycles. The van der Waals surface area contributed by atoms with E-state index in [1.165, 1.54) is 88.1 Å². The number of nitrogens with zero attached hydrogens (tertiary/aromatic N) is 1. The van der Waals surface area contributed by atoms with Gasteiger partial charge in [-0.05, 0) is 93.2 Å². The van der Waals surface area contributed by atoms with Gasteiger partial charge in [-0.25, -0.2) is 0 Å². The first-order valence-corrected chi connectivity index (χ1v) is 19.3. The van der Waals surface area contributed by atoms with E-state index in [1.807, 2.05) is 11.8 Å². The summed E-state index contributed by atoms with van der Waals surface area (Å²) < 4.78 is 2.45. The van der Waals surface area contributed by atoms with Crippen molar-refractivity contribution in [3.05, 3.63) is 174 Å². The Labute approximate surface area is 309 Å². The summed E-state index contributed by atoms with van der Waals surface area (Å²) >= 11 is 5.41. The van der Waals surface area contributed by atoms with Crippen molar-refractivity contribution in [2.45, 2.75) is 29.5 Å². The minimum absolute atomic E-state index is 0.00354. The van der Waals surface area contributed by atoms with Gasteiger partial charge in [-0.1, -0.05) is 141 Å². The zero-order chi connectivity index (χ0) is 34.7. The highest BCUT2D eigenvalue weighted by Crippen LogP contribution is 2.50. The van der Waals surface area contributed by atoms with Crippen LogP contribution in [0.2, 0.25) is 0 Å². The number of aromatic nitrogens is 1. The van der Waals surface area contributed by atoms with Gasteiger partial charge in [-0.15, -0.1) is 0 Å². The molecule has 2 heterocycles. The number of thioether (sulfide) groups is 1. The molecule has 0 radical (unpaired) electrons. The van der Waals surface area contributed by atoms with Crippen molar-refractivity contribution < 1.29 is 0 Å². The summed E-state index contributed by atoms with van der Waals surface area (Å²) in [5.41, 5.74) is 16.6. The zero-order valence-electron chi connectivity index (χ0n) is 28.9. The standard InChI is InChI=1S/C46H34N2S.CH4S/c1-46(2)39-16-7-6-13-35(39)37-27-31(23-25-40(37)46)32-24-26-42-38(28-32)36-15-10-14-34(44(36)48(42)33-11-4-3-5-12-33)29-19-21-30(22-20-29)45-47-41-17-8-9-18-43(41)49-45;1-2/h3-28,45,47H,1-2H3;2H,1H3. The van der Waals surface area contributed by atoms with E-state index in [4.69, 9.17) is 0 Å². The van der Waals surface area contributed by atoms with Gasteiger partial charge in [0.1, 0.15) is 5.37 Å². The third-order valence-electron chi connectivity index (χ3n) is 10.7.